The van der Waals surface area contributed by atoms with Crippen molar-refractivity contribution in [2.24, 2.45) is 0 Å². The Balaban J connectivity index is 1.95. The van der Waals surface area contributed by atoms with Gasteiger partial charge in [-0.1, -0.05) is 6.07 Å². The van der Waals surface area contributed by atoms with Crippen LogP contribution in [0, 0.1) is 10.1 Å². The van der Waals surface area contributed by atoms with E-state index >= 15 is 0 Å². The summed E-state index contributed by atoms with van der Waals surface area (Å²) in [6.07, 6.45) is 4.78. The number of ether oxygens (including phenoxy) is 1. The van der Waals surface area contributed by atoms with E-state index in [0.29, 0.717) is 17.8 Å². The van der Waals surface area contributed by atoms with Crippen LogP contribution in [0.15, 0.2) is 48.9 Å². The monoisotopic (exact) mass is 310 g/mol. The number of methoxy groups -OCH3 is 1. The molecule has 7 heteroatoms. The van der Waals surface area contributed by atoms with Gasteiger partial charge in [0.25, 0.3) is 5.69 Å². The molecule has 1 N–H and O–H groups in total. The predicted octanol–water partition coefficient (Wildman–Crippen LogP) is 3.16. The average Bonchev–Trinajstić information content (AvgIpc) is 2.59. The van der Waals surface area contributed by atoms with Crippen LogP contribution < -0.4 is 10.1 Å². The number of nitro groups is 1. The van der Waals surface area contributed by atoms with Gasteiger partial charge in [-0.05, 0) is 18.2 Å². The standard InChI is InChI=1S/C16H14N4O3/c1-23-16-11(3-2-7-18-16)9-19-14-4-5-15(20(21)22)13-10-17-8-6-12(13)14/h2-8,10,19H,9H2,1H3. The Bertz CT molecular complexity index is 867. The van der Waals surface area contributed by atoms with Crippen LogP contribution in [0.3, 0.4) is 0 Å². The maximum Gasteiger partial charge on any atom is 0.278 e. The molecule has 0 fully saturated rings. The van der Waals surface area contributed by atoms with Crippen LogP contribution in [-0.2, 0) is 6.54 Å². The summed E-state index contributed by atoms with van der Waals surface area (Å²) >= 11 is 0. The normalized spacial score (nSPS) is 10.5. The summed E-state index contributed by atoms with van der Waals surface area (Å²) in [5.41, 5.74) is 1.73. The topological polar surface area (TPSA) is 90.2 Å². The molecule has 0 unspecified atom stereocenters. The van der Waals surface area contributed by atoms with Crippen molar-refractivity contribution in [1.82, 2.24) is 9.97 Å². The molecule has 3 rings (SSSR count). The number of anilines is 1. The molecular formula is C16H14N4O3. The molecular weight excluding hydrogens is 296 g/mol. The summed E-state index contributed by atoms with van der Waals surface area (Å²) < 4.78 is 5.22. The fourth-order valence-corrected chi connectivity index (χ4v) is 2.42. The summed E-state index contributed by atoms with van der Waals surface area (Å²) in [7, 11) is 1.57. The smallest absolute Gasteiger partial charge is 0.278 e. The number of hydrogen-bond acceptors (Lipinski definition) is 6. The molecule has 0 saturated heterocycles. The van der Waals surface area contributed by atoms with E-state index < -0.39 is 4.92 Å². The first kappa shape index (κ1) is 14.7. The number of fused-ring (bicyclic) bond motifs is 1. The maximum absolute atomic E-state index is 11.1. The minimum absolute atomic E-state index is 0.0395. The molecule has 0 amide bonds. The molecule has 23 heavy (non-hydrogen) atoms. The van der Waals surface area contributed by atoms with Gasteiger partial charge in [0.05, 0.1) is 17.4 Å². The highest BCUT2D eigenvalue weighted by atomic mass is 16.6. The van der Waals surface area contributed by atoms with Crippen molar-refractivity contribution in [1.29, 1.82) is 0 Å². The summed E-state index contributed by atoms with van der Waals surface area (Å²) in [5, 5.41) is 15.6. The molecule has 0 saturated carbocycles. The highest BCUT2D eigenvalue weighted by Crippen LogP contribution is 2.31. The van der Waals surface area contributed by atoms with E-state index in [1.165, 1.54) is 12.3 Å². The molecule has 0 radical (unpaired) electrons. The van der Waals surface area contributed by atoms with Crippen molar-refractivity contribution in [2.75, 3.05) is 12.4 Å². The first-order valence-electron chi connectivity index (χ1n) is 6.93. The Morgan fingerprint density at radius 3 is 2.87 bits per heavy atom. The van der Waals surface area contributed by atoms with Crippen molar-refractivity contribution in [3.8, 4) is 5.88 Å². The molecule has 0 aliphatic carbocycles. The Morgan fingerprint density at radius 2 is 2.09 bits per heavy atom. The van der Waals surface area contributed by atoms with Crippen molar-refractivity contribution in [3.05, 3.63) is 64.6 Å². The van der Waals surface area contributed by atoms with Crippen LogP contribution in [0.25, 0.3) is 10.8 Å². The number of nitrogens with one attached hydrogen (secondary N) is 1. The first-order valence-corrected chi connectivity index (χ1v) is 6.93. The van der Waals surface area contributed by atoms with Crippen LogP contribution in [0.5, 0.6) is 5.88 Å². The molecule has 7 nitrogen and oxygen atoms in total. The van der Waals surface area contributed by atoms with Gasteiger partial charge in [-0.2, -0.15) is 0 Å². The van der Waals surface area contributed by atoms with Gasteiger partial charge in [0.2, 0.25) is 5.88 Å². The number of hydrogen-bond donors (Lipinski definition) is 1. The van der Waals surface area contributed by atoms with Crippen LogP contribution >= 0.6 is 0 Å². The van der Waals surface area contributed by atoms with Gasteiger partial charge in [-0.15, -0.1) is 0 Å². The lowest BCUT2D eigenvalue weighted by atomic mass is 10.1. The second kappa shape index (κ2) is 6.27. The van der Waals surface area contributed by atoms with Gasteiger partial charge in [0, 0.05) is 47.8 Å². The third-order valence-corrected chi connectivity index (χ3v) is 3.50. The third kappa shape index (κ3) is 2.89. The fourth-order valence-electron chi connectivity index (χ4n) is 2.42. The zero-order valence-corrected chi connectivity index (χ0v) is 12.4. The highest BCUT2D eigenvalue weighted by molar-refractivity contribution is 5.99. The van der Waals surface area contributed by atoms with Gasteiger partial charge in [-0.3, -0.25) is 15.1 Å². The first-order chi connectivity index (χ1) is 11.2. The lowest BCUT2D eigenvalue weighted by molar-refractivity contribution is -0.383. The molecule has 116 valence electrons. The Labute approximate surface area is 132 Å². The van der Waals surface area contributed by atoms with Gasteiger partial charge in [0.15, 0.2) is 0 Å². The zero-order valence-electron chi connectivity index (χ0n) is 12.4. The van der Waals surface area contributed by atoms with E-state index in [4.69, 9.17) is 4.74 Å². The van der Waals surface area contributed by atoms with E-state index in [0.717, 1.165) is 16.6 Å². The van der Waals surface area contributed by atoms with Crippen LogP contribution in [-0.4, -0.2) is 22.0 Å². The van der Waals surface area contributed by atoms with Gasteiger partial charge >= 0.3 is 0 Å². The zero-order chi connectivity index (χ0) is 16.2. The Kier molecular flexibility index (Phi) is 4.01. The van der Waals surface area contributed by atoms with Crippen molar-refractivity contribution in [2.45, 2.75) is 6.54 Å². The number of aromatic nitrogens is 2. The van der Waals surface area contributed by atoms with Crippen LogP contribution in [0.2, 0.25) is 0 Å². The molecule has 0 aliphatic heterocycles. The fraction of sp³-hybridized carbons (Fsp3) is 0.125. The second-order valence-electron chi connectivity index (χ2n) is 4.84. The second-order valence-corrected chi connectivity index (χ2v) is 4.84. The number of benzene rings is 1. The number of rotatable bonds is 5. The predicted molar refractivity (Wildman–Crippen MR) is 86.5 cm³/mol. The number of non-ortho nitro benzene ring substituents is 1. The highest BCUT2D eigenvalue weighted by Gasteiger charge is 2.14. The summed E-state index contributed by atoms with van der Waals surface area (Å²) in [4.78, 5) is 18.8. The Hall–Kier alpha value is -3.22. The summed E-state index contributed by atoms with van der Waals surface area (Å²) in [6.45, 7) is 0.492. The molecule has 1 aromatic carbocycles. The molecule has 0 atom stereocenters. The van der Waals surface area contributed by atoms with E-state index in [-0.39, 0.29) is 5.69 Å². The minimum Gasteiger partial charge on any atom is -0.481 e. The molecule has 2 heterocycles. The van der Waals surface area contributed by atoms with Gasteiger partial charge in [-0.25, -0.2) is 4.98 Å². The molecule has 0 spiro atoms. The van der Waals surface area contributed by atoms with Crippen LogP contribution in [0.1, 0.15) is 5.56 Å². The van der Waals surface area contributed by atoms with Gasteiger partial charge in [0.1, 0.15) is 0 Å². The van der Waals surface area contributed by atoms with Gasteiger partial charge < -0.3 is 10.1 Å². The lowest BCUT2D eigenvalue weighted by Gasteiger charge is -2.11. The van der Waals surface area contributed by atoms with Crippen LogP contribution in [0.4, 0.5) is 11.4 Å². The maximum atomic E-state index is 11.1. The number of nitrogens with zero attached hydrogens (tertiary/aromatic N) is 3. The van der Waals surface area contributed by atoms with Crippen molar-refractivity contribution >= 4 is 22.1 Å². The molecule has 2 aromatic heterocycles. The average molecular weight is 310 g/mol. The van der Waals surface area contributed by atoms with E-state index in [9.17, 15) is 10.1 Å². The van der Waals surface area contributed by atoms with E-state index in [1.54, 1.807) is 31.6 Å². The SMILES string of the molecule is COc1ncccc1CNc1ccc([N+](=O)[O-])c2cnccc12. The van der Waals surface area contributed by atoms with Crippen molar-refractivity contribution in [3.63, 3.8) is 0 Å². The largest absolute Gasteiger partial charge is 0.481 e. The molecule has 3 aromatic rings. The summed E-state index contributed by atoms with van der Waals surface area (Å²) in [6, 6.07) is 8.67. The quantitative estimate of drug-likeness (QED) is 0.575. The minimum atomic E-state index is -0.405. The number of pyridine rings is 2. The molecule has 0 aliphatic rings. The lowest BCUT2D eigenvalue weighted by Crippen LogP contribution is -2.03. The Morgan fingerprint density at radius 1 is 1.22 bits per heavy atom. The molecule has 0 bridgehead atoms. The van der Waals surface area contributed by atoms with Crippen molar-refractivity contribution < 1.29 is 9.66 Å². The third-order valence-electron chi connectivity index (χ3n) is 3.50. The van der Waals surface area contributed by atoms with E-state index in [2.05, 4.69) is 15.3 Å². The van der Waals surface area contributed by atoms with E-state index in [1.807, 2.05) is 12.1 Å². The summed E-state index contributed by atoms with van der Waals surface area (Å²) in [5.74, 6) is 0.549. The number of nitro benzene ring substituents is 1.